The van der Waals surface area contributed by atoms with Crippen LogP contribution >= 0.6 is 0 Å². The summed E-state index contributed by atoms with van der Waals surface area (Å²) < 4.78 is 0. The Balaban J connectivity index is 2.35. The molecule has 0 heterocycles. The van der Waals surface area contributed by atoms with Crippen LogP contribution in [0.3, 0.4) is 0 Å². The first kappa shape index (κ1) is 8.96. The minimum Gasteiger partial charge on any atom is -0.299 e. The molecular formula is C12H11NO. The molecule has 0 bridgehead atoms. The quantitative estimate of drug-likeness (QED) is 0.708. The van der Waals surface area contributed by atoms with E-state index in [1.165, 1.54) is 0 Å². The summed E-state index contributed by atoms with van der Waals surface area (Å²) in [4.78, 5) is 11.4. The largest absolute Gasteiger partial charge is 0.299 e. The fourth-order valence-electron chi connectivity index (χ4n) is 1.83. The van der Waals surface area contributed by atoms with Gasteiger partial charge in [-0.2, -0.15) is 5.26 Å². The van der Waals surface area contributed by atoms with Crippen molar-refractivity contribution in [3.8, 4) is 6.07 Å². The van der Waals surface area contributed by atoms with E-state index in [-0.39, 0.29) is 11.2 Å². The summed E-state index contributed by atoms with van der Waals surface area (Å²) in [7, 11) is 0. The number of hydrogen-bond acceptors (Lipinski definition) is 2. The second-order valence-electron chi connectivity index (χ2n) is 3.83. The summed E-state index contributed by atoms with van der Waals surface area (Å²) >= 11 is 0. The Morgan fingerprint density at radius 1 is 1.36 bits per heavy atom. The predicted molar refractivity (Wildman–Crippen MR) is 52.8 cm³/mol. The highest BCUT2D eigenvalue weighted by Crippen LogP contribution is 2.48. The van der Waals surface area contributed by atoms with Crippen molar-refractivity contribution in [2.45, 2.75) is 25.2 Å². The average Bonchev–Trinajstić information content (AvgIpc) is 2.99. The van der Waals surface area contributed by atoms with Gasteiger partial charge < -0.3 is 0 Å². The van der Waals surface area contributed by atoms with E-state index in [1.807, 2.05) is 12.1 Å². The van der Waals surface area contributed by atoms with E-state index in [0.29, 0.717) is 5.56 Å². The van der Waals surface area contributed by atoms with Crippen LogP contribution in [0.25, 0.3) is 0 Å². The molecule has 0 amide bonds. The number of benzene rings is 1. The zero-order valence-corrected chi connectivity index (χ0v) is 8.08. The van der Waals surface area contributed by atoms with Crippen LogP contribution in [0.4, 0.5) is 0 Å². The van der Waals surface area contributed by atoms with E-state index in [1.54, 1.807) is 19.1 Å². The van der Waals surface area contributed by atoms with Gasteiger partial charge in [0, 0.05) is 0 Å². The van der Waals surface area contributed by atoms with Crippen molar-refractivity contribution in [2.24, 2.45) is 0 Å². The standard InChI is InChI=1S/C12H11NO/c1-9(14)12(6-7-12)11-4-2-10(8-13)3-5-11/h2-5H,6-7H2,1H3. The Morgan fingerprint density at radius 3 is 2.29 bits per heavy atom. The second kappa shape index (κ2) is 2.95. The van der Waals surface area contributed by atoms with Gasteiger partial charge in [0.2, 0.25) is 0 Å². The minimum absolute atomic E-state index is 0.214. The summed E-state index contributed by atoms with van der Waals surface area (Å²) in [6.45, 7) is 1.64. The molecular weight excluding hydrogens is 174 g/mol. The second-order valence-corrected chi connectivity index (χ2v) is 3.83. The van der Waals surface area contributed by atoms with Crippen LogP contribution in [0.2, 0.25) is 0 Å². The normalized spacial score (nSPS) is 17.1. The molecule has 0 aromatic heterocycles. The highest BCUT2D eigenvalue weighted by molar-refractivity contribution is 5.91. The van der Waals surface area contributed by atoms with Crippen molar-refractivity contribution in [3.63, 3.8) is 0 Å². The van der Waals surface area contributed by atoms with Gasteiger partial charge in [0.25, 0.3) is 0 Å². The summed E-state index contributed by atoms with van der Waals surface area (Å²) in [5.74, 6) is 0.238. The summed E-state index contributed by atoms with van der Waals surface area (Å²) in [5, 5.41) is 8.64. The lowest BCUT2D eigenvalue weighted by Crippen LogP contribution is -2.16. The summed E-state index contributed by atoms with van der Waals surface area (Å²) in [5.41, 5.74) is 1.49. The van der Waals surface area contributed by atoms with Gasteiger partial charge in [-0.15, -0.1) is 0 Å². The average molecular weight is 185 g/mol. The highest BCUT2D eigenvalue weighted by Gasteiger charge is 2.48. The molecule has 0 aliphatic heterocycles. The molecule has 1 aliphatic carbocycles. The first-order chi connectivity index (χ1) is 6.69. The zero-order chi connectivity index (χ0) is 10.2. The Kier molecular flexibility index (Phi) is 1.89. The van der Waals surface area contributed by atoms with Crippen LogP contribution < -0.4 is 0 Å². The fourth-order valence-corrected chi connectivity index (χ4v) is 1.83. The SMILES string of the molecule is CC(=O)C1(c2ccc(C#N)cc2)CC1. The van der Waals surface area contributed by atoms with Crippen molar-refractivity contribution in [1.82, 2.24) is 0 Å². The molecule has 70 valence electrons. The lowest BCUT2D eigenvalue weighted by atomic mass is 9.92. The molecule has 0 N–H and O–H groups in total. The number of ketones is 1. The first-order valence-electron chi connectivity index (χ1n) is 4.71. The third-order valence-corrected chi connectivity index (χ3v) is 2.99. The Morgan fingerprint density at radius 2 is 1.93 bits per heavy atom. The number of nitrogens with zero attached hydrogens (tertiary/aromatic N) is 1. The van der Waals surface area contributed by atoms with Crippen LogP contribution in [0.1, 0.15) is 30.9 Å². The molecule has 0 saturated heterocycles. The number of carbonyl (C=O) groups excluding carboxylic acids is 1. The molecule has 1 aliphatic rings. The third kappa shape index (κ3) is 1.22. The summed E-state index contributed by atoms with van der Waals surface area (Å²) in [6, 6.07) is 9.41. The first-order valence-corrected chi connectivity index (χ1v) is 4.71. The molecule has 2 heteroatoms. The molecule has 1 aromatic rings. The van der Waals surface area contributed by atoms with Gasteiger partial charge in [-0.05, 0) is 37.5 Å². The van der Waals surface area contributed by atoms with Gasteiger partial charge in [-0.25, -0.2) is 0 Å². The molecule has 1 aromatic carbocycles. The molecule has 1 saturated carbocycles. The maximum Gasteiger partial charge on any atom is 0.140 e. The number of nitriles is 1. The van der Waals surface area contributed by atoms with Gasteiger partial charge >= 0.3 is 0 Å². The van der Waals surface area contributed by atoms with Crippen molar-refractivity contribution in [1.29, 1.82) is 5.26 Å². The Bertz CT molecular complexity index is 407. The number of carbonyl (C=O) groups is 1. The van der Waals surface area contributed by atoms with E-state index in [9.17, 15) is 4.79 Å². The van der Waals surface area contributed by atoms with Gasteiger partial charge in [-0.1, -0.05) is 12.1 Å². The molecule has 0 radical (unpaired) electrons. The molecule has 0 atom stereocenters. The predicted octanol–water partition coefficient (Wildman–Crippen LogP) is 2.18. The molecule has 1 fully saturated rings. The number of hydrogen-bond donors (Lipinski definition) is 0. The number of rotatable bonds is 2. The lowest BCUT2D eigenvalue weighted by molar-refractivity contribution is -0.119. The van der Waals surface area contributed by atoms with Crippen LogP contribution in [0, 0.1) is 11.3 Å². The van der Waals surface area contributed by atoms with Crippen molar-refractivity contribution < 1.29 is 4.79 Å². The Hall–Kier alpha value is -1.62. The van der Waals surface area contributed by atoms with E-state index in [2.05, 4.69) is 6.07 Å². The van der Waals surface area contributed by atoms with Gasteiger partial charge in [0.1, 0.15) is 5.78 Å². The van der Waals surface area contributed by atoms with E-state index in [0.717, 1.165) is 18.4 Å². The van der Waals surface area contributed by atoms with E-state index in [4.69, 9.17) is 5.26 Å². The van der Waals surface area contributed by atoms with Crippen molar-refractivity contribution in [3.05, 3.63) is 35.4 Å². The molecule has 0 unspecified atom stereocenters. The lowest BCUT2D eigenvalue weighted by Gasteiger charge is -2.10. The monoisotopic (exact) mass is 185 g/mol. The highest BCUT2D eigenvalue weighted by atomic mass is 16.1. The summed E-state index contributed by atoms with van der Waals surface area (Å²) in [6.07, 6.45) is 1.91. The van der Waals surface area contributed by atoms with E-state index < -0.39 is 0 Å². The molecule has 0 spiro atoms. The van der Waals surface area contributed by atoms with Crippen LogP contribution in [0.15, 0.2) is 24.3 Å². The van der Waals surface area contributed by atoms with Gasteiger partial charge in [0.15, 0.2) is 0 Å². The topological polar surface area (TPSA) is 40.9 Å². The van der Waals surface area contributed by atoms with Gasteiger partial charge in [-0.3, -0.25) is 4.79 Å². The van der Waals surface area contributed by atoms with Crippen LogP contribution in [-0.2, 0) is 10.2 Å². The maximum absolute atomic E-state index is 11.4. The number of Topliss-reactive ketones (excluding diaryl/α,β-unsaturated/α-hetero) is 1. The third-order valence-electron chi connectivity index (χ3n) is 2.99. The van der Waals surface area contributed by atoms with Crippen molar-refractivity contribution in [2.75, 3.05) is 0 Å². The molecule has 2 nitrogen and oxygen atoms in total. The maximum atomic E-state index is 11.4. The molecule has 2 rings (SSSR count). The Labute approximate surface area is 83.2 Å². The molecule has 14 heavy (non-hydrogen) atoms. The zero-order valence-electron chi connectivity index (χ0n) is 8.08. The van der Waals surface area contributed by atoms with Crippen molar-refractivity contribution >= 4 is 5.78 Å². The van der Waals surface area contributed by atoms with Crippen LogP contribution in [-0.4, -0.2) is 5.78 Å². The van der Waals surface area contributed by atoms with Gasteiger partial charge in [0.05, 0.1) is 17.0 Å². The van der Waals surface area contributed by atoms with E-state index >= 15 is 0 Å². The smallest absolute Gasteiger partial charge is 0.140 e. The minimum atomic E-state index is -0.214. The van der Waals surface area contributed by atoms with Crippen LogP contribution in [0.5, 0.6) is 0 Å². The fraction of sp³-hybridized carbons (Fsp3) is 0.333.